The molecule has 0 rings (SSSR count). The summed E-state index contributed by atoms with van der Waals surface area (Å²) in [4.78, 5) is 0. The number of alkyl halides is 9. The topological polar surface area (TPSA) is 17.1 Å². The van der Waals surface area contributed by atoms with E-state index in [1.165, 1.54) is 0 Å². The molecule has 0 aromatic heterocycles. The molecule has 0 unspecified atom stereocenters. The molecular formula is C3HF9OS. The van der Waals surface area contributed by atoms with Gasteiger partial charge in [-0.15, -0.1) is 0 Å². The first-order valence-electron chi connectivity index (χ1n) is 2.55. The van der Waals surface area contributed by atoms with Crippen molar-refractivity contribution in [3.05, 3.63) is 0 Å². The van der Waals surface area contributed by atoms with Crippen molar-refractivity contribution in [2.24, 2.45) is 0 Å². The summed E-state index contributed by atoms with van der Waals surface area (Å²) < 4.78 is 112. The minimum Gasteiger partial charge on any atom is -0.260 e. The Hall–Kier alpha value is -0.480. The van der Waals surface area contributed by atoms with Gasteiger partial charge in [0.05, 0.1) is 0 Å². The first-order valence-corrected chi connectivity index (χ1v) is 4.26. The molecule has 88 valence electrons. The SMILES string of the molecule is O=[SH](C(F)(F)F)(C(F)(F)F)C(F)(F)F. The Balaban J connectivity index is 5.69. The Morgan fingerprint density at radius 3 is 0.714 bits per heavy atom. The lowest BCUT2D eigenvalue weighted by molar-refractivity contribution is -0.125. The maximum Gasteiger partial charge on any atom is 0.464 e. The molecule has 0 aliphatic carbocycles. The van der Waals surface area contributed by atoms with Crippen molar-refractivity contribution in [1.29, 1.82) is 0 Å². The van der Waals surface area contributed by atoms with E-state index in [4.69, 9.17) is 0 Å². The van der Waals surface area contributed by atoms with Gasteiger partial charge in [0.1, 0.15) is 0 Å². The van der Waals surface area contributed by atoms with Gasteiger partial charge >= 0.3 is 16.5 Å². The van der Waals surface area contributed by atoms with E-state index in [1.807, 2.05) is 0 Å². The van der Waals surface area contributed by atoms with E-state index in [0.717, 1.165) is 0 Å². The van der Waals surface area contributed by atoms with Gasteiger partial charge in [-0.2, -0.15) is 39.5 Å². The molecule has 14 heavy (non-hydrogen) atoms. The van der Waals surface area contributed by atoms with Crippen LogP contribution in [0.5, 0.6) is 0 Å². The molecule has 0 radical (unpaired) electrons. The first kappa shape index (κ1) is 13.5. The Labute approximate surface area is 71.3 Å². The predicted octanol–water partition coefficient (Wildman–Crippen LogP) is 2.56. The smallest absolute Gasteiger partial charge is 0.260 e. The van der Waals surface area contributed by atoms with Gasteiger partial charge in [0.15, 0.2) is 9.93 Å². The summed E-state index contributed by atoms with van der Waals surface area (Å²) in [5.74, 6) is 0. The molecule has 0 aliphatic rings. The third-order valence-corrected chi connectivity index (χ3v) is 3.21. The normalized spacial score (nSPS) is 16.9. The zero-order chi connectivity index (χ0) is 12.0. The van der Waals surface area contributed by atoms with Gasteiger partial charge in [0, 0.05) is 0 Å². The fraction of sp³-hybridized carbons (Fsp3) is 1.00. The molecule has 0 amide bonds. The highest BCUT2D eigenvalue weighted by Gasteiger charge is 2.75. The van der Waals surface area contributed by atoms with Crippen LogP contribution in [0.4, 0.5) is 39.5 Å². The van der Waals surface area contributed by atoms with E-state index in [-0.39, 0.29) is 0 Å². The van der Waals surface area contributed by atoms with Crippen LogP contribution in [0, 0.1) is 0 Å². The fourth-order valence-electron chi connectivity index (χ4n) is 0.431. The van der Waals surface area contributed by atoms with Crippen molar-refractivity contribution in [2.45, 2.75) is 16.5 Å². The number of halogens is 9. The highest BCUT2D eigenvalue weighted by molar-refractivity contribution is 8.05. The molecule has 0 aromatic rings. The van der Waals surface area contributed by atoms with E-state index in [2.05, 4.69) is 0 Å². The van der Waals surface area contributed by atoms with Gasteiger partial charge in [0.25, 0.3) is 0 Å². The molecule has 0 spiro atoms. The fourth-order valence-corrected chi connectivity index (χ4v) is 1.29. The molecule has 0 N–H and O–H groups in total. The molecule has 11 heteroatoms. The van der Waals surface area contributed by atoms with E-state index >= 15 is 0 Å². The van der Waals surface area contributed by atoms with Gasteiger partial charge in [-0.3, -0.25) is 4.21 Å². The van der Waals surface area contributed by atoms with Crippen LogP contribution < -0.4 is 0 Å². The summed E-state index contributed by atoms with van der Waals surface area (Å²) in [6.07, 6.45) is 0. The molecule has 1 nitrogen and oxygen atoms in total. The number of hydrogen-bond acceptors (Lipinski definition) is 1. The minimum atomic E-state index is -8.27. The van der Waals surface area contributed by atoms with Crippen LogP contribution in [0.1, 0.15) is 0 Å². The van der Waals surface area contributed by atoms with Crippen molar-refractivity contribution in [3.63, 3.8) is 0 Å². The Morgan fingerprint density at radius 2 is 0.714 bits per heavy atom. The summed E-state index contributed by atoms with van der Waals surface area (Å²) in [5, 5.41) is 0. The van der Waals surface area contributed by atoms with Crippen LogP contribution in [-0.4, -0.2) is 20.7 Å². The quantitative estimate of drug-likeness (QED) is 0.520. The van der Waals surface area contributed by atoms with Crippen molar-refractivity contribution in [1.82, 2.24) is 0 Å². The van der Waals surface area contributed by atoms with Crippen molar-refractivity contribution in [3.8, 4) is 0 Å². The number of rotatable bonds is 0. The van der Waals surface area contributed by atoms with Crippen LogP contribution >= 0.6 is 0 Å². The summed E-state index contributed by atoms with van der Waals surface area (Å²) >= 11 is 0. The summed E-state index contributed by atoms with van der Waals surface area (Å²) in [6, 6.07) is 0. The molecular weight excluding hydrogens is 255 g/mol. The van der Waals surface area contributed by atoms with Gasteiger partial charge in [-0.05, 0) is 0 Å². The highest BCUT2D eigenvalue weighted by Crippen LogP contribution is 2.52. The molecule has 0 aliphatic heterocycles. The average Bonchev–Trinajstić information content (AvgIpc) is 1.77. The lowest BCUT2D eigenvalue weighted by atomic mass is 11.5. The van der Waals surface area contributed by atoms with E-state index < -0.39 is 26.5 Å². The monoisotopic (exact) mass is 256 g/mol. The Kier molecular flexibility index (Phi) is 2.90. The molecule has 0 saturated carbocycles. The summed E-state index contributed by atoms with van der Waals surface area (Å²) in [6.45, 7) is 0. The molecule has 0 heterocycles. The second-order valence-electron chi connectivity index (χ2n) is 2.01. The van der Waals surface area contributed by atoms with Crippen LogP contribution in [0.25, 0.3) is 0 Å². The zero-order valence-electron chi connectivity index (χ0n) is 5.76. The van der Waals surface area contributed by atoms with Crippen molar-refractivity contribution in [2.75, 3.05) is 0 Å². The standard InChI is InChI=1S/C3HF9OS/c4-1(5,6)14(13,2(7,8)9)3(10,11)12/h14H. The molecule has 0 fully saturated rings. The highest BCUT2D eigenvalue weighted by atomic mass is 32.2. The maximum absolute atomic E-state index is 11.4. The van der Waals surface area contributed by atoms with E-state index in [9.17, 15) is 43.7 Å². The van der Waals surface area contributed by atoms with Crippen LogP contribution in [0.2, 0.25) is 0 Å². The summed E-state index contributed by atoms with van der Waals surface area (Å²) in [7, 11) is -8.27. The van der Waals surface area contributed by atoms with Crippen molar-refractivity contribution >= 4 is 9.93 Å². The minimum absolute atomic E-state index is 6.87. The van der Waals surface area contributed by atoms with E-state index in [1.54, 1.807) is 0 Å². The van der Waals surface area contributed by atoms with E-state index in [0.29, 0.717) is 0 Å². The Bertz CT molecular complexity index is 212. The van der Waals surface area contributed by atoms with Crippen LogP contribution in [0.15, 0.2) is 0 Å². The Morgan fingerprint density at radius 1 is 0.571 bits per heavy atom. The number of hydrogen-bond donors (Lipinski definition) is 1. The second-order valence-corrected chi connectivity index (χ2v) is 4.75. The zero-order valence-corrected chi connectivity index (χ0v) is 6.65. The second kappa shape index (κ2) is 3.00. The maximum atomic E-state index is 11.4. The predicted molar refractivity (Wildman–Crippen MR) is 27.7 cm³/mol. The van der Waals surface area contributed by atoms with Gasteiger partial charge in [0.2, 0.25) is 0 Å². The van der Waals surface area contributed by atoms with Crippen LogP contribution in [0.3, 0.4) is 0 Å². The summed E-state index contributed by atoms with van der Waals surface area (Å²) in [5.41, 5.74) is -20.6. The third kappa shape index (κ3) is 1.81. The van der Waals surface area contributed by atoms with Crippen molar-refractivity contribution < 1.29 is 43.7 Å². The third-order valence-electron chi connectivity index (χ3n) is 1.07. The number of thiol groups is 1. The van der Waals surface area contributed by atoms with Gasteiger partial charge < -0.3 is 0 Å². The average molecular weight is 256 g/mol. The molecule has 0 aromatic carbocycles. The van der Waals surface area contributed by atoms with Gasteiger partial charge in [-0.1, -0.05) is 0 Å². The lowest BCUT2D eigenvalue weighted by Gasteiger charge is -2.29. The molecule has 0 saturated heterocycles. The van der Waals surface area contributed by atoms with Gasteiger partial charge in [-0.25, -0.2) is 0 Å². The van der Waals surface area contributed by atoms with Crippen LogP contribution in [-0.2, 0) is 9.93 Å². The largest absolute Gasteiger partial charge is 0.464 e. The molecule has 0 bridgehead atoms. The lowest BCUT2D eigenvalue weighted by Crippen LogP contribution is -2.53. The molecule has 0 atom stereocenters. The first-order chi connectivity index (χ1) is 5.75.